The van der Waals surface area contributed by atoms with Gasteiger partial charge in [-0.2, -0.15) is 0 Å². The van der Waals surface area contributed by atoms with Crippen molar-refractivity contribution in [1.82, 2.24) is 20.9 Å². The van der Waals surface area contributed by atoms with Gasteiger partial charge in [0.05, 0.1) is 13.2 Å². The molecule has 1 aliphatic rings. The Morgan fingerprint density at radius 3 is 1.58 bits per heavy atom. The summed E-state index contributed by atoms with van der Waals surface area (Å²) in [5, 5.41) is 8.13. The largest absolute Gasteiger partial charge is 0.461 e. The van der Waals surface area contributed by atoms with E-state index in [1.165, 1.54) is 13.8 Å². The van der Waals surface area contributed by atoms with Gasteiger partial charge in [-0.1, -0.05) is 0 Å². The molecule has 1 fully saturated rings. The van der Waals surface area contributed by atoms with Crippen LogP contribution in [0.15, 0.2) is 22.8 Å². The van der Waals surface area contributed by atoms with Crippen molar-refractivity contribution in [2.45, 2.75) is 60.4 Å². The summed E-state index contributed by atoms with van der Waals surface area (Å²) in [5.41, 5.74) is 1.72. The molecule has 0 aliphatic heterocycles. The summed E-state index contributed by atoms with van der Waals surface area (Å²) in [6.07, 6.45) is 2.21. The average molecular weight is 441 g/mol. The predicted octanol–water partition coefficient (Wildman–Crippen LogP) is 1.15. The van der Waals surface area contributed by atoms with Crippen molar-refractivity contribution in [2.75, 3.05) is 27.3 Å². The Bertz CT molecular complexity index is 723. The number of carbonyl (C=O) groups excluding carboxylic acids is 4. The summed E-state index contributed by atoms with van der Waals surface area (Å²) in [6, 6.07) is 0.429. The molecule has 176 valence electrons. The van der Waals surface area contributed by atoms with Gasteiger partial charge >= 0.3 is 11.9 Å². The maximum absolute atomic E-state index is 11.6. The molecule has 10 nitrogen and oxygen atoms in total. The fourth-order valence-corrected chi connectivity index (χ4v) is 2.18. The molecule has 0 radical (unpaired) electrons. The van der Waals surface area contributed by atoms with Gasteiger partial charge in [-0.3, -0.25) is 9.59 Å². The first-order chi connectivity index (χ1) is 14.4. The zero-order chi connectivity index (χ0) is 24.1. The van der Waals surface area contributed by atoms with Gasteiger partial charge in [0.25, 0.3) is 0 Å². The van der Waals surface area contributed by atoms with Gasteiger partial charge in [-0.25, -0.2) is 9.59 Å². The summed E-state index contributed by atoms with van der Waals surface area (Å²) in [6.45, 7) is 10.2. The lowest BCUT2D eigenvalue weighted by molar-refractivity contribution is -0.140. The summed E-state index contributed by atoms with van der Waals surface area (Å²) >= 11 is 0. The Morgan fingerprint density at radius 2 is 1.23 bits per heavy atom. The minimum Gasteiger partial charge on any atom is -0.461 e. The molecule has 0 saturated heterocycles. The van der Waals surface area contributed by atoms with Crippen LogP contribution in [-0.4, -0.2) is 62.0 Å². The van der Waals surface area contributed by atoms with E-state index in [4.69, 9.17) is 9.47 Å². The first-order valence-corrected chi connectivity index (χ1v) is 10.2. The Kier molecular flexibility index (Phi) is 12.7. The maximum Gasteiger partial charge on any atom is 0.356 e. The van der Waals surface area contributed by atoms with Crippen molar-refractivity contribution >= 4 is 23.8 Å². The van der Waals surface area contributed by atoms with E-state index in [1.54, 1.807) is 46.7 Å². The third-order valence-electron chi connectivity index (χ3n) is 3.97. The number of nitrogens with one attached hydrogen (secondary N) is 3. The van der Waals surface area contributed by atoms with Gasteiger partial charge in [-0.05, 0) is 40.5 Å². The Balaban J connectivity index is 0.000000582. The molecule has 0 aromatic heterocycles. The third kappa shape index (κ3) is 11.7. The van der Waals surface area contributed by atoms with Crippen LogP contribution in [0.5, 0.6) is 0 Å². The molecule has 0 unspecified atom stereocenters. The molecule has 0 aromatic rings. The van der Waals surface area contributed by atoms with Crippen molar-refractivity contribution in [3.8, 4) is 0 Å². The highest BCUT2D eigenvalue weighted by Gasteiger charge is 2.24. The molecule has 0 heterocycles. The van der Waals surface area contributed by atoms with Crippen LogP contribution in [0.4, 0.5) is 0 Å². The van der Waals surface area contributed by atoms with E-state index < -0.39 is 11.9 Å². The average Bonchev–Trinajstić information content (AvgIpc) is 3.48. The van der Waals surface area contributed by atoms with Gasteiger partial charge in [0.2, 0.25) is 11.8 Å². The fraction of sp³-hybridized carbons (Fsp3) is 0.619. The Morgan fingerprint density at radius 1 is 0.806 bits per heavy atom. The lowest BCUT2D eigenvalue weighted by atomic mass is 10.3. The highest BCUT2D eigenvalue weighted by atomic mass is 16.5. The number of esters is 2. The second kappa shape index (κ2) is 14.1. The molecule has 1 aliphatic carbocycles. The number of allylic oxidation sites excluding steroid dienone is 2. The van der Waals surface area contributed by atoms with Crippen LogP contribution < -0.4 is 16.0 Å². The van der Waals surface area contributed by atoms with Crippen LogP contribution in [0.3, 0.4) is 0 Å². The molecule has 1 saturated carbocycles. The van der Waals surface area contributed by atoms with Gasteiger partial charge in [0, 0.05) is 45.4 Å². The van der Waals surface area contributed by atoms with Gasteiger partial charge in [0.1, 0.15) is 11.4 Å². The van der Waals surface area contributed by atoms with Crippen molar-refractivity contribution in [3.63, 3.8) is 0 Å². The van der Waals surface area contributed by atoms with E-state index in [1.807, 2.05) is 0 Å². The van der Waals surface area contributed by atoms with E-state index in [2.05, 4.69) is 16.0 Å². The van der Waals surface area contributed by atoms with Crippen LogP contribution in [-0.2, 0) is 28.7 Å². The molecule has 0 aromatic carbocycles. The van der Waals surface area contributed by atoms with Gasteiger partial charge < -0.3 is 30.3 Å². The zero-order valence-corrected chi connectivity index (χ0v) is 19.8. The van der Waals surface area contributed by atoms with Gasteiger partial charge in [-0.15, -0.1) is 0 Å². The molecular formula is C21H36N4O6. The number of amides is 2. The number of hydrogen-bond acceptors (Lipinski definition) is 8. The SMILES string of the molecule is CCOC(=O)/C(NC(C)=O)=C(\C)N(C)C.CCOC(=O)/C(NC(C)=O)=C(\C)NC1CC1. The van der Waals surface area contributed by atoms with E-state index >= 15 is 0 Å². The second-order valence-electron chi connectivity index (χ2n) is 7.08. The number of carbonyl (C=O) groups is 4. The minimum atomic E-state index is -0.515. The molecule has 3 N–H and O–H groups in total. The standard InChI is InChI=1S/C11H18N2O3.C10H18N2O3/c1-4-16-11(15)10(13-8(3)14)7(2)12-9-5-6-9;1-6-15-10(14)9(11-8(3)13)7(2)12(4)5/h9,12H,4-6H2,1-3H3,(H,13,14);6H2,1-5H3,(H,11,13)/b10-7-;9-7-. The molecule has 0 spiro atoms. The highest BCUT2D eigenvalue weighted by molar-refractivity contribution is 5.94. The minimum absolute atomic E-state index is 0.189. The molecule has 1 rings (SSSR count). The summed E-state index contributed by atoms with van der Waals surface area (Å²) in [7, 11) is 3.58. The number of ether oxygens (including phenoxy) is 2. The van der Waals surface area contributed by atoms with Crippen molar-refractivity contribution in [1.29, 1.82) is 0 Å². The lowest BCUT2D eigenvalue weighted by Gasteiger charge is -2.17. The summed E-state index contributed by atoms with van der Waals surface area (Å²) in [5.74, 6) is -1.58. The number of nitrogens with zero attached hydrogens (tertiary/aromatic N) is 1. The van der Waals surface area contributed by atoms with Crippen LogP contribution in [0.1, 0.15) is 54.4 Å². The quantitative estimate of drug-likeness (QED) is 0.360. The van der Waals surface area contributed by atoms with Gasteiger partial charge in [0.15, 0.2) is 0 Å². The summed E-state index contributed by atoms with van der Waals surface area (Å²) in [4.78, 5) is 46.7. The van der Waals surface area contributed by atoms with Crippen molar-refractivity contribution in [3.05, 3.63) is 22.8 Å². The van der Waals surface area contributed by atoms with Crippen LogP contribution in [0.2, 0.25) is 0 Å². The Hall–Kier alpha value is -3.04. The molecule has 0 bridgehead atoms. The molecule has 31 heavy (non-hydrogen) atoms. The van der Waals surface area contributed by atoms with Crippen LogP contribution in [0, 0.1) is 0 Å². The fourth-order valence-electron chi connectivity index (χ4n) is 2.18. The number of rotatable bonds is 9. The topological polar surface area (TPSA) is 126 Å². The summed E-state index contributed by atoms with van der Waals surface area (Å²) < 4.78 is 9.71. The van der Waals surface area contributed by atoms with E-state index in [-0.39, 0.29) is 29.8 Å². The normalized spacial score (nSPS) is 13.9. The van der Waals surface area contributed by atoms with Crippen LogP contribution >= 0.6 is 0 Å². The molecule has 0 atom stereocenters. The van der Waals surface area contributed by atoms with E-state index in [9.17, 15) is 19.2 Å². The first-order valence-electron chi connectivity index (χ1n) is 10.2. The Labute approximate surface area is 184 Å². The first kappa shape index (κ1) is 28.0. The number of hydrogen-bond donors (Lipinski definition) is 3. The van der Waals surface area contributed by atoms with E-state index in [0.29, 0.717) is 24.0 Å². The smallest absolute Gasteiger partial charge is 0.356 e. The maximum atomic E-state index is 11.6. The van der Waals surface area contributed by atoms with Crippen molar-refractivity contribution < 1.29 is 28.7 Å². The molecule has 10 heteroatoms. The monoisotopic (exact) mass is 440 g/mol. The van der Waals surface area contributed by atoms with E-state index in [0.717, 1.165) is 12.8 Å². The zero-order valence-electron chi connectivity index (χ0n) is 19.8. The lowest BCUT2D eigenvalue weighted by Crippen LogP contribution is -2.31. The highest BCUT2D eigenvalue weighted by Crippen LogP contribution is 2.20. The third-order valence-corrected chi connectivity index (χ3v) is 3.97. The van der Waals surface area contributed by atoms with Crippen molar-refractivity contribution in [2.24, 2.45) is 0 Å². The molecule has 2 amide bonds. The van der Waals surface area contributed by atoms with Crippen LogP contribution in [0.25, 0.3) is 0 Å². The second-order valence-corrected chi connectivity index (χ2v) is 7.08. The molecular weight excluding hydrogens is 404 g/mol. The predicted molar refractivity (Wildman–Crippen MR) is 116 cm³/mol.